The largest absolute Gasteiger partial charge is 0.493 e. The van der Waals surface area contributed by atoms with Gasteiger partial charge in [-0.05, 0) is 58.7 Å². The molecule has 0 spiro atoms. The second-order valence-electron chi connectivity index (χ2n) is 5.64. The van der Waals surface area contributed by atoms with Gasteiger partial charge in [-0.25, -0.2) is 9.18 Å². The molecule has 0 saturated carbocycles. The summed E-state index contributed by atoms with van der Waals surface area (Å²) >= 11 is 0. The SMILES string of the molecule is COc1ccc(-c2cc(-c3ccc(F)cc3)ccc2C(=O)O)cc1OC. The molecule has 0 bridgehead atoms. The summed E-state index contributed by atoms with van der Waals surface area (Å²) < 4.78 is 23.7. The molecule has 0 saturated heterocycles. The molecule has 0 aromatic heterocycles. The third-order valence-corrected chi connectivity index (χ3v) is 4.12. The Bertz CT molecular complexity index is 949. The lowest BCUT2D eigenvalue weighted by molar-refractivity contribution is 0.0697. The number of hydrogen-bond donors (Lipinski definition) is 1. The Morgan fingerprint density at radius 3 is 2.04 bits per heavy atom. The molecule has 132 valence electrons. The van der Waals surface area contributed by atoms with Crippen LogP contribution in [0.15, 0.2) is 60.7 Å². The van der Waals surface area contributed by atoms with Gasteiger partial charge in [-0.3, -0.25) is 0 Å². The highest BCUT2D eigenvalue weighted by molar-refractivity contribution is 5.97. The lowest BCUT2D eigenvalue weighted by atomic mass is 9.94. The standard InChI is InChI=1S/C21H17FO4/c1-25-19-10-6-15(12-20(19)26-2)18-11-14(5-9-17(18)21(23)24)13-3-7-16(22)8-4-13/h3-12H,1-2H3,(H,23,24). The van der Waals surface area contributed by atoms with E-state index in [1.54, 1.807) is 48.5 Å². The van der Waals surface area contributed by atoms with Crippen molar-refractivity contribution < 1.29 is 23.8 Å². The van der Waals surface area contributed by atoms with Crippen LogP contribution in [0.4, 0.5) is 4.39 Å². The van der Waals surface area contributed by atoms with Crippen LogP contribution in [0.25, 0.3) is 22.3 Å². The van der Waals surface area contributed by atoms with E-state index in [4.69, 9.17) is 9.47 Å². The Morgan fingerprint density at radius 2 is 1.42 bits per heavy atom. The first kappa shape index (κ1) is 17.5. The van der Waals surface area contributed by atoms with Crippen LogP contribution in [0.1, 0.15) is 10.4 Å². The highest BCUT2D eigenvalue weighted by atomic mass is 19.1. The molecular formula is C21H17FO4. The Morgan fingerprint density at radius 1 is 0.808 bits per heavy atom. The van der Waals surface area contributed by atoms with E-state index in [0.29, 0.717) is 22.6 Å². The molecule has 4 nitrogen and oxygen atoms in total. The van der Waals surface area contributed by atoms with Crippen LogP contribution in [-0.4, -0.2) is 25.3 Å². The molecule has 0 unspecified atom stereocenters. The number of hydrogen-bond acceptors (Lipinski definition) is 3. The van der Waals surface area contributed by atoms with Gasteiger partial charge in [-0.15, -0.1) is 0 Å². The molecular weight excluding hydrogens is 335 g/mol. The Kier molecular flexibility index (Phi) is 4.89. The molecule has 1 N–H and O–H groups in total. The highest BCUT2D eigenvalue weighted by Gasteiger charge is 2.15. The van der Waals surface area contributed by atoms with Gasteiger partial charge in [0.25, 0.3) is 0 Å². The van der Waals surface area contributed by atoms with Crippen molar-refractivity contribution in [3.05, 3.63) is 72.0 Å². The number of methoxy groups -OCH3 is 2. The van der Waals surface area contributed by atoms with E-state index in [0.717, 1.165) is 11.1 Å². The summed E-state index contributed by atoms with van der Waals surface area (Å²) in [5, 5.41) is 9.55. The minimum atomic E-state index is -1.03. The van der Waals surface area contributed by atoms with Crippen molar-refractivity contribution in [1.82, 2.24) is 0 Å². The Labute approximate surface area is 150 Å². The second kappa shape index (κ2) is 7.27. The molecule has 0 fully saturated rings. The van der Waals surface area contributed by atoms with Crippen molar-refractivity contribution in [2.24, 2.45) is 0 Å². The monoisotopic (exact) mass is 352 g/mol. The van der Waals surface area contributed by atoms with Crippen molar-refractivity contribution in [1.29, 1.82) is 0 Å². The van der Waals surface area contributed by atoms with Gasteiger partial charge in [0.1, 0.15) is 5.82 Å². The maximum absolute atomic E-state index is 13.2. The summed E-state index contributed by atoms with van der Waals surface area (Å²) in [7, 11) is 3.06. The van der Waals surface area contributed by atoms with E-state index in [-0.39, 0.29) is 11.4 Å². The summed E-state index contributed by atoms with van der Waals surface area (Å²) in [6.07, 6.45) is 0. The first-order chi connectivity index (χ1) is 12.5. The number of ether oxygens (including phenoxy) is 2. The number of carboxylic acid groups (broad SMARTS) is 1. The van der Waals surface area contributed by atoms with Crippen LogP contribution in [0.5, 0.6) is 11.5 Å². The Hall–Kier alpha value is -3.34. The molecule has 0 amide bonds. The number of halogens is 1. The summed E-state index contributed by atoms with van der Waals surface area (Å²) in [5.74, 6) is -0.284. The molecule has 0 radical (unpaired) electrons. The van der Waals surface area contributed by atoms with Crippen LogP contribution >= 0.6 is 0 Å². The first-order valence-corrected chi connectivity index (χ1v) is 7.89. The number of aromatic carboxylic acids is 1. The minimum Gasteiger partial charge on any atom is -0.493 e. The predicted octanol–water partition coefficient (Wildman–Crippen LogP) is 4.88. The van der Waals surface area contributed by atoms with Crippen LogP contribution in [0.3, 0.4) is 0 Å². The summed E-state index contributed by atoms with van der Waals surface area (Å²) in [6.45, 7) is 0. The van der Waals surface area contributed by atoms with Crippen LogP contribution in [0.2, 0.25) is 0 Å². The molecule has 26 heavy (non-hydrogen) atoms. The molecule has 0 aliphatic carbocycles. The number of carboxylic acids is 1. The van der Waals surface area contributed by atoms with Gasteiger partial charge >= 0.3 is 5.97 Å². The fourth-order valence-corrected chi connectivity index (χ4v) is 2.80. The molecule has 0 aliphatic rings. The van der Waals surface area contributed by atoms with E-state index in [2.05, 4.69) is 0 Å². The number of carbonyl (C=O) groups is 1. The topological polar surface area (TPSA) is 55.8 Å². The van der Waals surface area contributed by atoms with Gasteiger partial charge in [0.2, 0.25) is 0 Å². The zero-order chi connectivity index (χ0) is 18.7. The van der Waals surface area contributed by atoms with E-state index >= 15 is 0 Å². The zero-order valence-electron chi connectivity index (χ0n) is 14.3. The van der Waals surface area contributed by atoms with Gasteiger partial charge in [-0.1, -0.05) is 24.3 Å². The van der Waals surface area contributed by atoms with Crippen molar-refractivity contribution in [3.63, 3.8) is 0 Å². The molecule has 3 aromatic rings. The highest BCUT2D eigenvalue weighted by Crippen LogP contribution is 2.35. The molecule has 3 rings (SSSR count). The lowest BCUT2D eigenvalue weighted by Crippen LogP contribution is -2.00. The third-order valence-electron chi connectivity index (χ3n) is 4.12. The molecule has 0 aliphatic heterocycles. The molecule has 0 heterocycles. The summed E-state index contributed by atoms with van der Waals surface area (Å²) in [6, 6.07) is 16.3. The van der Waals surface area contributed by atoms with E-state index < -0.39 is 5.97 Å². The van der Waals surface area contributed by atoms with Crippen LogP contribution in [0, 0.1) is 5.82 Å². The first-order valence-electron chi connectivity index (χ1n) is 7.89. The minimum absolute atomic E-state index is 0.170. The third kappa shape index (κ3) is 3.37. The van der Waals surface area contributed by atoms with Gasteiger partial charge in [0, 0.05) is 0 Å². The van der Waals surface area contributed by atoms with Gasteiger partial charge < -0.3 is 14.6 Å². The van der Waals surface area contributed by atoms with Crippen LogP contribution < -0.4 is 9.47 Å². The molecule has 3 aromatic carbocycles. The number of rotatable bonds is 5. The van der Waals surface area contributed by atoms with Gasteiger partial charge in [-0.2, -0.15) is 0 Å². The van der Waals surface area contributed by atoms with Crippen molar-refractivity contribution in [2.75, 3.05) is 14.2 Å². The zero-order valence-corrected chi connectivity index (χ0v) is 14.3. The van der Waals surface area contributed by atoms with E-state index in [9.17, 15) is 14.3 Å². The quantitative estimate of drug-likeness (QED) is 0.711. The lowest BCUT2D eigenvalue weighted by Gasteiger charge is -2.13. The van der Waals surface area contributed by atoms with Gasteiger partial charge in [0.05, 0.1) is 19.8 Å². The normalized spacial score (nSPS) is 10.4. The predicted molar refractivity (Wildman–Crippen MR) is 97.3 cm³/mol. The average molecular weight is 352 g/mol. The fourth-order valence-electron chi connectivity index (χ4n) is 2.80. The van der Waals surface area contributed by atoms with Crippen molar-refractivity contribution in [3.8, 4) is 33.8 Å². The smallest absolute Gasteiger partial charge is 0.336 e. The number of benzene rings is 3. The van der Waals surface area contributed by atoms with Crippen molar-refractivity contribution >= 4 is 5.97 Å². The molecule has 5 heteroatoms. The average Bonchev–Trinajstić information content (AvgIpc) is 2.67. The fraction of sp³-hybridized carbons (Fsp3) is 0.0952. The molecule has 0 atom stereocenters. The maximum Gasteiger partial charge on any atom is 0.336 e. The van der Waals surface area contributed by atoms with Gasteiger partial charge in [0.15, 0.2) is 11.5 Å². The van der Waals surface area contributed by atoms with E-state index in [1.807, 2.05) is 0 Å². The summed E-state index contributed by atoms with van der Waals surface area (Å²) in [4.78, 5) is 11.7. The van der Waals surface area contributed by atoms with Crippen molar-refractivity contribution in [2.45, 2.75) is 0 Å². The maximum atomic E-state index is 13.2. The van der Waals surface area contributed by atoms with E-state index in [1.165, 1.54) is 26.4 Å². The Balaban J connectivity index is 2.16. The second-order valence-corrected chi connectivity index (χ2v) is 5.64. The summed E-state index contributed by atoms with van der Waals surface area (Å²) in [5.41, 5.74) is 2.98. The van der Waals surface area contributed by atoms with Crippen LogP contribution in [-0.2, 0) is 0 Å².